The van der Waals surface area contributed by atoms with Crippen molar-refractivity contribution in [1.82, 2.24) is 10.6 Å². The Labute approximate surface area is 155 Å². The molecule has 6 heteroatoms. The summed E-state index contributed by atoms with van der Waals surface area (Å²) in [5.74, 6) is 0.457. The lowest BCUT2D eigenvalue weighted by atomic mass is 9.93. The summed E-state index contributed by atoms with van der Waals surface area (Å²) in [6.07, 6.45) is 2.59. The molecule has 1 unspecified atom stereocenters. The zero-order chi connectivity index (χ0) is 18.9. The molecule has 1 aromatic heterocycles. The van der Waals surface area contributed by atoms with Gasteiger partial charge in [0.15, 0.2) is 0 Å². The molecule has 142 valence electrons. The van der Waals surface area contributed by atoms with E-state index in [0.29, 0.717) is 25.3 Å². The number of thiophene rings is 1. The maximum absolute atomic E-state index is 12.3. The first-order chi connectivity index (χ1) is 11.8. The Hall–Kier alpha value is -1.56. The van der Waals surface area contributed by atoms with Crippen LogP contribution in [0, 0.1) is 5.92 Å². The van der Waals surface area contributed by atoms with Crippen LogP contribution in [0.3, 0.4) is 0 Å². The van der Waals surface area contributed by atoms with Crippen molar-refractivity contribution in [1.29, 1.82) is 0 Å². The normalized spacial score (nSPS) is 12.7. The van der Waals surface area contributed by atoms with Crippen molar-refractivity contribution in [3.8, 4) is 0 Å². The van der Waals surface area contributed by atoms with Crippen molar-refractivity contribution in [2.45, 2.75) is 71.9 Å². The van der Waals surface area contributed by atoms with Gasteiger partial charge in [0, 0.05) is 17.8 Å². The molecule has 1 atom stereocenters. The van der Waals surface area contributed by atoms with E-state index in [1.54, 1.807) is 11.3 Å². The Morgan fingerprint density at radius 1 is 1.24 bits per heavy atom. The molecule has 25 heavy (non-hydrogen) atoms. The minimum absolute atomic E-state index is 0.0243. The van der Waals surface area contributed by atoms with Crippen LogP contribution in [0.4, 0.5) is 4.79 Å². The van der Waals surface area contributed by atoms with Gasteiger partial charge in [-0.05, 0) is 44.6 Å². The van der Waals surface area contributed by atoms with Crippen molar-refractivity contribution < 1.29 is 14.3 Å². The van der Waals surface area contributed by atoms with Crippen LogP contribution in [0.2, 0.25) is 0 Å². The van der Waals surface area contributed by atoms with Crippen molar-refractivity contribution in [2.75, 3.05) is 6.54 Å². The maximum atomic E-state index is 12.3. The number of amides is 2. The van der Waals surface area contributed by atoms with Gasteiger partial charge in [-0.15, -0.1) is 11.3 Å². The zero-order valence-electron chi connectivity index (χ0n) is 16.1. The number of nitrogens with one attached hydrogen (secondary N) is 2. The fraction of sp³-hybridized carbons (Fsp3) is 0.684. The van der Waals surface area contributed by atoms with Gasteiger partial charge in [0.05, 0.1) is 6.04 Å². The number of hydrogen-bond donors (Lipinski definition) is 2. The molecule has 1 heterocycles. The Kier molecular flexibility index (Phi) is 8.97. The van der Waals surface area contributed by atoms with Gasteiger partial charge in [0.1, 0.15) is 5.60 Å². The Bertz CT molecular complexity index is 519. The first-order valence-corrected chi connectivity index (χ1v) is 9.94. The lowest BCUT2D eigenvalue weighted by Crippen LogP contribution is -2.35. The molecule has 0 saturated heterocycles. The highest BCUT2D eigenvalue weighted by molar-refractivity contribution is 7.10. The third kappa shape index (κ3) is 8.38. The SMILES string of the molecule is CCC(CC)C(NC(=O)CCCNC(=O)OC(C)(C)C)c1cccs1. The topological polar surface area (TPSA) is 67.4 Å². The van der Waals surface area contributed by atoms with Gasteiger partial charge in [0.2, 0.25) is 5.91 Å². The minimum Gasteiger partial charge on any atom is -0.444 e. The van der Waals surface area contributed by atoms with Crippen LogP contribution in [0.25, 0.3) is 0 Å². The number of alkyl carbamates (subject to hydrolysis) is 1. The molecule has 0 aliphatic rings. The highest BCUT2D eigenvalue weighted by Crippen LogP contribution is 2.30. The average Bonchev–Trinajstić information content (AvgIpc) is 3.04. The van der Waals surface area contributed by atoms with Gasteiger partial charge in [-0.2, -0.15) is 0 Å². The largest absolute Gasteiger partial charge is 0.444 e. The first kappa shape index (κ1) is 21.5. The van der Waals surface area contributed by atoms with Crippen LogP contribution in [0.15, 0.2) is 17.5 Å². The quantitative estimate of drug-likeness (QED) is 0.624. The molecule has 0 aliphatic heterocycles. The van der Waals surface area contributed by atoms with E-state index >= 15 is 0 Å². The Morgan fingerprint density at radius 2 is 1.92 bits per heavy atom. The second-order valence-corrected chi connectivity index (χ2v) is 8.15. The molecule has 1 rings (SSSR count). The fourth-order valence-corrected chi connectivity index (χ4v) is 3.52. The lowest BCUT2D eigenvalue weighted by Gasteiger charge is -2.25. The number of carbonyl (C=O) groups is 2. The van der Waals surface area contributed by atoms with Gasteiger partial charge in [-0.1, -0.05) is 32.8 Å². The summed E-state index contributed by atoms with van der Waals surface area (Å²) in [5, 5.41) is 7.90. The van der Waals surface area contributed by atoms with E-state index in [0.717, 1.165) is 12.8 Å². The van der Waals surface area contributed by atoms with Crippen molar-refractivity contribution in [2.24, 2.45) is 5.92 Å². The predicted octanol–water partition coefficient (Wildman–Crippen LogP) is 4.65. The van der Waals surface area contributed by atoms with E-state index in [1.165, 1.54) is 4.88 Å². The molecule has 2 N–H and O–H groups in total. The van der Waals surface area contributed by atoms with E-state index in [1.807, 2.05) is 32.2 Å². The molecule has 0 radical (unpaired) electrons. The molecule has 0 saturated carbocycles. The summed E-state index contributed by atoms with van der Waals surface area (Å²) in [5.41, 5.74) is -0.509. The number of hydrogen-bond acceptors (Lipinski definition) is 4. The monoisotopic (exact) mass is 368 g/mol. The summed E-state index contributed by atoms with van der Waals surface area (Å²) in [4.78, 5) is 25.1. The van der Waals surface area contributed by atoms with Crippen molar-refractivity contribution >= 4 is 23.3 Å². The Morgan fingerprint density at radius 3 is 2.44 bits per heavy atom. The lowest BCUT2D eigenvalue weighted by molar-refractivity contribution is -0.122. The van der Waals surface area contributed by atoms with Gasteiger partial charge in [-0.3, -0.25) is 4.79 Å². The van der Waals surface area contributed by atoms with E-state index in [-0.39, 0.29) is 11.9 Å². The summed E-state index contributed by atoms with van der Waals surface area (Å²) in [7, 11) is 0. The van der Waals surface area contributed by atoms with Crippen molar-refractivity contribution in [3.05, 3.63) is 22.4 Å². The maximum Gasteiger partial charge on any atom is 0.407 e. The second-order valence-electron chi connectivity index (χ2n) is 7.17. The van der Waals surface area contributed by atoms with Crippen LogP contribution >= 0.6 is 11.3 Å². The van der Waals surface area contributed by atoms with Gasteiger partial charge < -0.3 is 15.4 Å². The molecule has 1 aromatic rings. The standard InChI is InChI=1S/C19H32N2O3S/c1-6-14(7-2)17(15-10-9-13-25-15)21-16(22)11-8-12-20-18(23)24-19(3,4)5/h9-10,13-14,17H,6-8,11-12H2,1-5H3,(H,20,23)(H,21,22). The smallest absolute Gasteiger partial charge is 0.407 e. The molecular weight excluding hydrogens is 336 g/mol. The number of carbonyl (C=O) groups excluding carboxylic acids is 2. The molecule has 0 spiro atoms. The molecule has 0 fully saturated rings. The molecule has 5 nitrogen and oxygen atoms in total. The zero-order valence-corrected chi connectivity index (χ0v) is 16.9. The van der Waals surface area contributed by atoms with Gasteiger partial charge in [-0.25, -0.2) is 4.79 Å². The minimum atomic E-state index is -0.509. The third-order valence-electron chi connectivity index (χ3n) is 3.94. The fourth-order valence-electron chi connectivity index (χ4n) is 2.65. The van der Waals surface area contributed by atoms with Crippen LogP contribution < -0.4 is 10.6 Å². The first-order valence-electron chi connectivity index (χ1n) is 9.06. The number of ether oxygens (including phenoxy) is 1. The molecule has 0 aromatic carbocycles. The summed E-state index contributed by atoms with van der Waals surface area (Å²) in [6.45, 7) is 10.2. The predicted molar refractivity (Wildman–Crippen MR) is 103 cm³/mol. The summed E-state index contributed by atoms with van der Waals surface area (Å²) >= 11 is 1.68. The van der Waals surface area contributed by atoms with E-state index in [4.69, 9.17) is 4.74 Å². The second kappa shape index (κ2) is 10.4. The molecule has 0 aliphatic carbocycles. The Balaban J connectivity index is 2.42. The average molecular weight is 369 g/mol. The molecule has 0 bridgehead atoms. The highest BCUT2D eigenvalue weighted by Gasteiger charge is 2.23. The van der Waals surface area contributed by atoms with Crippen LogP contribution in [-0.4, -0.2) is 24.1 Å². The summed E-state index contributed by atoms with van der Waals surface area (Å²) < 4.78 is 5.17. The summed E-state index contributed by atoms with van der Waals surface area (Å²) in [6, 6.07) is 4.17. The van der Waals surface area contributed by atoms with Crippen molar-refractivity contribution in [3.63, 3.8) is 0 Å². The highest BCUT2D eigenvalue weighted by atomic mass is 32.1. The van der Waals surface area contributed by atoms with Gasteiger partial charge >= 0.3 is 6.09 Å². The molecular formula is C19H32N2O3S. The van der Waals surface area contributed by atoms with E-state index in [9.17, 15) is 9.59 Å². The van der Waals surface area contributed by atoms with E-state index < -0.39 is 11.7 Å². The van der Waals surface area contributed by atoms with Crippen LogP contribution in [0.1, 0.15) is 71.2 Å². The van der Waals surface area contributed by atoms with Crippen LogP contribution in [0.5, 0.6) is 0 Å². The number of rotatable bonds is 9. The molecule has 2 amide bonds. The third-order valence-corrected chi connectivity index (χ3v) is 4.89. The van der Waals surface area contributed by atoms with Gasteiger partial charge in [0.25, 0.3) is 0 Å². The van der Waals surface area contributed by atoms with E-state index in [2.05, 4.69) is 30.5 Å². The van der Waals surface area contributed by atoms with Crippen LogP contribution in [-0.2, 0) is 9.53 Å².